The van der Waals surface area contributed by atoms with E-state index in [0.29, 0.717) is 32.6 Å². The highest BCUT2D eigenvalue weighted by molar-refractivity contribution is 9.10. The number of hydrogen-bond acceptors (Lipinski definition) is 4. The van der Waals surface area contributed by atoms with Crippen molar-refractivity contribution in [3.8, 4) is 11.5 Å². The average molecular weight is 432 g/mol. The summed E-state index contributed by atoms with van der Waals surface area (Å²) in [5.74, 6) is 1.62. The van der Waals surface area contributed by atoms with Crippen molar-refractivity contribution in [2.24, 2.45) is 0 Å². The molecule has 1 fully saturated rings. The van der Waals surface area contributed by atoms with Crippen LogP contribution in [0.5, 0.6) is 11.5 Å². The van der Waals surface area contributed by atoms with Crippen LogP contribution in [0.25, 0.3) is 0 Å². The van der Waals surface area contributed by atoms with Gasteiger partial charge in [-0.3, -0.25) is 4.79 Å². The molecule has 2 aliphatic heterocycles. The molecule has 2 heterocycles. The number of likely N-dealkylation sites (N-methyl/N-ethyl adjacent to an activating group) is 1. The topological polar surface area (TPSA) is 48.0 Å². The second-order valence-corrected chi connectivity index (χ2v) is 7.97. The van der Waals surface area contributed by atoms with E-state index in [1.54, 1.807) is 0 Å². The largest absolute Gasteiger partial charge is 0.454 e. The predicted octanol–water partition coefficient (Wildman–Crippen LogP) is 3.88. The van der Waals surface area contributed by atoms with Crippen LogP contribution in [-0.4, -0.2) is 37.9 Å². The van der Waals surface area contributed by atoms with E-state index in [0.717, 1.165) is 27.1 Å². The lowest BCUT2D eigenvalue weighted by Crippen LogP contribution is -2.48. The van der Waals surface area contributed by atoms with Crippen LogP contribution in [0.1, 0.15) is 24.0 Å². The molecule has 0 aliphatic carbocycles. The fraction of sp³-hybridized carbons (Fsp3) is 0.381. The van der Waals surface area contributed by atoms with Gasteiger partial charge in [0.2, 0.25) is 12.7 Å². The molecule has 0 saturated carbocycles. The van der Waals surface area contributed by atoms with Gasteiger partial charge in [0.05, 0.1) is 5.41 Å². The molecule has 0 atom stereocenters. The predicted molar refractivity (Wildman–Crippen MR) is 105 cm³/mol. The van der Waals surface area contributed by atoms with Crippen LogP contribution in [0, 0.1) is 0 Å². The Morgan fingerprint density at radius 2 is 1.78 bits per heavy atom. The lowest BCUT2D eigenvalue weighted by Gasteiger charge is -2.39. The summed E-state index contributed by atoms with van der Waals surface area (Å²) in [6.45, 7) is 1.97. The zero-order valence-electron chi connectivity index (χ0n) is 15.2. The molecule has 0 spiro atoms. The van der Waals surface area contributed by atoms with Gasteiger partial charge in [0.1, 0.15) is 0 Å². The zero-order valence-corrected chi connectivity index (χ0v) is 16.8. The lowest BCUT2D eigenvalue weighted by atomic mass is 9.73. The van der Waals surface area contributed by atoms with E-state index in [1.807, 2.05) is 54.4 Å². The molecule has 27 heavy (non-hydrogen) atoms. The first-order chi connectivity index (χ1) is 13.1. The van der Waals surface area contributed by atoms with E-state index in [-0.39, 0.29) is 12.7 Å². The van der Waals surface area contributed by atoms with E-state index >= 15 is 0 Å². The minimum Gasteiger partial charge on any atom is -0.454 e. The number of fused-ring (bicyclic) bond motifs is 1. The third kappa shape index (κ3) is 3.56. The van der Waals surface area contributed by atoms with Gasteiger partial charge in [-0.2, -0.15) is 0 Å². The van der Waals surface area contributed by atoms with Crippen LogP contribution < -0.4 is 9.47 Å². The van der Waals surface area contributed by atoms with E-state index in [9.17, 15) is 4.79 Å². The van der Waals surface area contributed by atoms with Crippen LogP contribution in [0.4, 0.5) is 0 Å². The molecule has 0 aromatic heterocycles. The number of rotatable bonds is 4. The van der Waals surface area contributed by atoms with Crippen LogP contribution >= 0.6 is 15.9 Å². The van der Waals surface area contributed by atoms with Crippen molar-refractivity contribution in [3.63, 3.8) is 0 Å². The van der Waals surface area contributed by atoms with E-state index in [2.05, 4.69) is 15.9 Å². The Bertz CT molecular complexity index is 831. The highest BCUT2D eigenvalue weighted by Gasteiger charge is 2.43. The van der Waals surface area contributed by atoms with Crippen molar-refractivity contribution in [2.45, 2.75) is 24.8 Å². The molecule has 4 rings (SSSR count). The zero-order chi connectivity index (χ0) is 18.9. The molecule has 5 nitrogen and oxygen atoms in total. The van der Waals surface area contributed by atoms with Crippen LogP contribution in [0.3, 0.4) is 0 Å². The number of benzene rings is 2. The summed E-state index contributed by atoms with van der Waals surface area (Å²) in [5.41, 5.74) is 1.54. The van der Waals surface area contributed by atoms with Gasteiger partial charge in [0, 0.05) is 31.3 Å². The Morgan fingerprint density at radius 3 is 2.52 bits per heavy atom. The quantitative estimate of drug-likeness (QED) is 0.736. The second kappa shape index (κ2) is 7.52. The first kappa shape index (κ1) is 18.3. The Hall–Kier alpha value is -2.05. The second-order valence-electron chi connectivity index (χ2n) is 7.05. The Morgan fingerprint density at radius 1 is 1.07 bits per heavy atom. The third-order valence-corrected chi connectivity index (χ3v) is 5.88. The van der Waals surface area contributed by atoms with E-state index in [1.165, 1.54) is 0 Å². The molecule has 0 N–H and O–H groups in total. The maximum atomic E-state index is 13.5. The minimum absolute atomic E-state index is 0.130. The van der Waals surface area contributed by atoms with Gasteiger partial charge in [-0.1, -0.05) is 34.1 Å². The van der Waals surface area contributed by atoms with E-state index in [4.69, 9.17) is 14.2 Å². The lowest BCUT2D eigenvalue weighted by molar-refractivity contribution is -0.140. The van der Waals surface area contributed by atoms with Crippen molar-refractivity contribution >= 4 is 21.8 Å². The van der Waals surface area contributed by atoms with Gasteiger partial charge in [0.15, 0.2) is 11.5 Å². The monoisotopic (exact) mass is 431 g/mol. The minimum atomic E-state index is -0.538. The fourth-order valence-electron chi connectivity index (χ4n) is 3.87. The Balaban J connectivity index is 1.58. The molecule has 6 heteroatoms. The molecular weight excluding hydrogens is 410 g/mol. The molecule has 2 aromatic carbocycles. The molecule has 0 unspecified atom stereocenters. The third-order valence-electron chi connectivity index (χ3n) is 5.36. The molecule has 0 bridgehead atoms. The normalized spacial score (nSPS) is 17.6. The number of ether oxygens (including phenoxy) is 3. The molecular formula is C21H22BrNO4. The van der Waals surface area contributed by atoms with Gasteiger partial charge >= 0.3 is 0 Å². The van der Waals surface area contributed by atoms with Gasteiger partial charge in [-0.05, 0) is 48.2 Å². The first-order valence-corrected chi connectivity index (χ1v) is 9.86. The summed E-state index contributed by atoms with van der Waals surface area (Å²) in [4.78, 5) is 15.4. The highest BCUT2D eigenvalue weighted by Crippen LogP contribution is 2.38. The molecule has 2 aliphatic rings. The maximum Gasteiger partial charge on any atom is 0.233 e. The summed E-state index contributed by atoms with van der Waals surface area (Å²) < 4.78 is 17.4. The van der Waals surface area contributed by atoms with E-state index < -0.39 is 5.41 Å². The standard InChI is InChI=1S/C21H22BrNO4/c1-23(13-15-2-7-18-19(12-15)27-14-26-18)20(24)21(8-10-25-11-9-21)16-3-5-17(22)6-4-16/h2-7,12H,8-11,13-14H2,1H3. The number of carbonyl (C=O) groups excluding carboxylic acids is 1. The Labute approximate surface area is 167 Å². The summed E-state index contributed by atoms with van der Waals surface area (Å²) in [5, 5.41) is 0. The molecule has 2 aromatic rings. The number of hydrogen-bond donors (Lipinski definition) is 0. The summed E-state index contributed by atoms with van der Waals surface area (Å²) in [6, 6.07) is 13.9. The smallest absolute Gasteiger partial charge is 0.233 e. The van der Waals surface area contributed by atoms with Crippen molar-refractivity contribution in [3.05, 3.63) is 58.1 Å². The maximum absolute atomic E-state index is 13.5. The summed E-state index contributed by atoms with van der Waals surface area (Å²) in [6.07, 6.45) is 1.39. The number of halogens is 1. The van der Waals surface area contributed by atoms with Gasteiger partial charge in [-0.25, -0.2) is 0 Å². The fourth-order valence-corrected chi connectivity index (χ4v) is 4.13. The molecule has 1 amide bonds. The van der Waals surface area contributed by atoms with Crippen molar-refractivity contribution in [1.82, 2.24) is 4.90 Å². The van der Waals surface area contributed by atoms with Gasteiger partial charge in [-0.15, -0.1) is 0 Å². The van der Waals surface area contributed by atoms with Crippen molar-refractivity contribution < 1.29 is 19.0 Å². The molecule has 1 saturated heterocycles. The highest BCUT2D eigenvalue weighted by atomic mass is 79.9. The number of nitrogens with zero attached hydrogens (tertiary/aromatic N) is 1. The summed E-state index contributed by atoms with van der Waals surface area (Å²) in [7, 11) is 1.86. The van der Waals surface area contributed by atoms with Crippen molar-refractivity contribution in [1.29, 1.82) is 0 Å². The van der Waals surface area contributed by atoms with Crippen molar-refractivity contribution in [2.75, 3.05) is 27.1 Å². The Kier molecular flexibility index (Phi) is 5.10. The van der Waals surface area contributed by atoms with Crippen LogP contribution in [0.2, 0.25) is 0 Å². The molecule has 0 radical (unpaired) electrons. The van der Waals surface area contributed by atoms with Crippen LogP contribution in [0.15, 0.2) is 46.9 Å². The number of carbonyl (C=O) groups is 1. The average Bonchev–Trinajstić information content (AvgIpc) is 3.16. The first-order valence-electron chi connectivity index (χ1n) is 9.06. The SMILES string of the molecule is CN(Cc1ccc2c(c1)OCO2)C(=O)C1(c2ccc(Br)cc2)CCOCC1. The van der Waals surface area contributed by atoms with Gasteiger partial charge < -0.3 is 19.1 Å². The van der Waals surface area contributed by atoms with Gasteiger partial charge in [0.25, 0.3) is 0 Å². The summed E-state index contributed by atoms with van der Waals surface area (Å²) >= 11 is 3.48. The number of amides is 1. The van der Waals surface area contributed by atoms with Crippen LogP contribution in [-0.2, 0) is 21.5 Å². The molecule has 142 valence electrons.